The first-order chi connectivity index (χ1) is 9.22. The number of hydrogen-bond donors (Lipinski definition) is 2. The van der Waals surface area contributed by atoms with Crippen LogP contribution in [0.15, 0.2) is 24.3 Å². The molecule has 0 aliphatic rings. The summed E-state index contributed by atoms with van der Waals surface area (Å²) < 4.78 is 0. The van der Waals surface area contributed by atoms with Crippen LogP contribution in [-0.4, -0.2) is 22.4 Å². The first-order valence-electron chi connectivity index (χ1n) is 6.53. The van der Waals surface area contributed by atoms with Gasteiger partial charge in [-0.15, -0.1) is 0 Å². The van der Waals surface area contributed by atoms with Crippen molar-refractivity contribution in [1.29, 1.82) is 0 Å². The van der Waals surface area contributed by atoms with Crippen molar-refractivity contribution < 1.29 is 4.79 Å². The minimum absolute atomic E-state index is 0.123. The molecular formula is C14H18N4O. The standard InChI is InChI=1S/C14H18N4O/c1-2-3-6-9-16-13(19)12-10-7-4-5-8-11(10)17-14(15)18-12/h4-5,7-8H,2-3,6,9H2,1H3,(H,16,19)(H2,15,17,18). The van der Waals surface area contributed by atoms with Gasteiger partial charge in [-0.2, -0.15) is 0 Å². The molecule has 2 rings (SSSR count). The van der Waals surface area contributed by atoms with E-state index in [9.17, 15) is 4.79 Å². The molecule has 2 aromatic rings. The summed E-state index contributed by atoms with van der Waals surface area (Å²) in [5.74, 6) is -0.0705. The van der Waals surface area contributed by atoms with Crippen molar-refractivity contribution in [3.63, 3.8) is 0 Å². The monoisotopic (exact) mass is 258 g/mol. The van der Waals surface area contributed by atoms with Crippen molar-refractivity contribution in [2.75, 3.05) is 12.3 Å². The van der Waals surface area contributed by atoms with E-state index < -0.39 is 0 Å². The largest absolute Gasteiger partial charge is 0.368 e. The van der Waals surface area contributed by atoms with Crippen molar-refractivity contribution in [3.05, 3.63) is 30.0 Å². The average molecular weight is 258 g/mol. The van der Waals surface area contributed by atoms with Gasteiger partial charge in [0.15, 0.2) is 0 Å². The molecule has 1 aromatic carbocycles. The highest BCUT2D eigenvalue weighted by atomic mass is 16.1. The Kier molecular flexibility index (Phi) is 4.28. The summed E-state index contributed by atoms with van der Waals surface area (Å²) in [5, 5.41) is 3.59. The molecule has 5 nitrogen and oxygen atoms in total. The van der Waals surface area contributed by atoms with Gasteiger partial charge in [0.05, 0.1) is 5.52 Å². The predicted octanol–water partition coefficient (Wildman–Crippen LogP) is 2.13. The molecule has 5 heteroatoms. The number of nitrogens with two attached hydrogens (primary N) is 1. The fraction of sp³-hybridized carbons (Fsp3) is 0.357. The summed E-state index contributed by atoms with van der Waals surface area (Å²) in [5.41, 5.74) is 6.67. The van der Waals surface area contributed by atoms with E-state index in [0.717, 1.165) is 24.6 Å². The molecule has 0 saturated carbocycles. The van der Waals surface area contributed by atoms with E-state index in [4.69, 9.17) is 5.73 Å². The maximum atomic E-state index is 12.1. The van der Waals surface area contributed by atoms with E-state index in [0.29, 0.717) is 17.8 Å². The predicted molar refractivity (Wildman–Crippen MR) is 75.8 cm³/mol. The van der Waals surface area contributed by atoms with Gasteiger partial charge in [-0.25, -0.2) is 9.97 Å². The Morgan fingerprint density at radius 1 is 1.26 bits per heavy atom. The van der Waals surface area contributed by atoms with Gasteiger partial charge in [0.25, 0.3) is 5.91 Å². The van der Waals surface area contributed by atoms with Gasteiger partial charge in [0.2, 0.25) is 5.95 Å². The highest BCUT2D eigenvalue weighted by molar-refractivity contribution is 6.04. The quantitative estimate of drug-likeness (QED) is 0.805. The molecule has 0 saturated heterocycles. The third-order valence-electron chi connectivity index (χ3n) is 2.90. The van der Waals surface area contributed by atoms with Crippen LogP contribution < -0.4 is 11.1 Å². The molecule has 0 radical (unpaired) electrons. The first kappa shape index (κ1) is 13.3. The molecule has 0 aliphatic heterocycles. The van der Waals surface area contributed by atoms with Crippen LogP contribution in [0.3, 0.4) is 0 Å². The van der Waals surface area contributed by atoms with Gasteiger partial charge < -0.3 is 11.1 Å². The van der Waals surface area contributed by atoms with Crippen LogP contribution in [0, 0.1) is 0 Å². The number of nitrogen functional groups attached to an aromatic ring is 1. The van der Waals surface area contributed by atoms with Crippen LogP contribution in [0.25, 0.3) is 10.9 Å². The maximum absolute atomic E-state index is 12.1. The second-order valence-electron chi connectivity index (χ2n) is 4.41. The molecule has 1 amide bonds. The molecule has 100 valence electrons. The lowest BCUT2D eigenvalue weighted by molar-refractivity contribution is 0.0950. The van der Waals surface area contributed by atoms with E-state index in [-0.39, 0.29) is 11.9 Å². The number of para-hydroxylation sites is 1. The number of unbranched alkanes of at least 4 members (excludes halogenated alkanes) is 2. The van der Waals surface area contributed by atoms with Gasteiger partial charge in [0, 0.05) is 11.9 Å². The Labute approximate surface area is 112 Å². The number of aromatic nitrogens is 2. The lowest BCUT2D eigenvalue weighted by Crippen LogP contribution is -2.26. The number of carbonyl (C=O) groups excluding carboxylic acids is 1. The van der Waals surface area contributed by atoms with Crippen LogP contribution in [-0.2, 0) is 0 Å². The van der Waals surface area contributed by atoms with Crippen LogP contribution in [0.2, 0.25) is 0 Å². The number of anilines is 1. The molecular weight excluding hydrogens is 240 g/mol. The van der Waals surface area contributed by atoms with Crippen LogP contribution >= 0.6 is 0 Å². The first-order valence-corrected chi connectivity index (χ1v) is 6.53. The Hall–Kier alpha value is -2.17. The lowest BCUT2D eigenvalue weighted by Gasteiger charge is -2.07. The zero-order chi connectivity index (χ0) is 13.7. The van der Waals surface area contributed by atoms with Crippen LogP contribution in [0.4, 0.5) is 5.95 Å². The molecule has 0 atom stereocenters. The maximum Gasteiger partial charge on any atom is 0.270 e. The van der Waals surface area contributed by atoms with E-state index in [1.54, 1.807) is 0 Å². The van der Waals surface area contributed by atoms with E-state index in [1.807, 2.05) is 24.3 Å². The normalized spacial score (nSPS) is 10.6. The van der Waals surface area contributed by atoms with E-state index in [1.165, 1.54) is 0 Å². The second-order valence-corrected chi connectivity index (χ2v) is 4.41. The summed E-state index contributed by atoms with van der Waals surface area (Å²) in [7, 11) is 0. The van der Waals surface area contributed by atoms with E-state index >= 15 is 0 Å². The Morgan fingerprint density at radius 3 is 2.84 bits per heavy atom. The molecule has 1 aromatic heterocycles. The van der Waals surface area contributed by atoms with Crippen molar-refractivity contribution >= 4 is 22.8 Å². The number of hydrogen-bond acceptors (Lipinski definition) is 4. The van der Waals surface area contributed by atoms with Gasteiger partial charge >= 0.3 is 0 Å². The molecule has 0 spiro atoms. The number of carbonyl (C=O) groups is 1. The summed E-state index contributed by atoms with van der Waals surface area (Å²) >= 11 is 0. The van der Waals surface area contributed by atoms with Gasteiger partial charge in [0.1, 0.15) is 5.69 Å². The molecule has 1 heterocycles. The number of nitrogens with zero attached hydrogens (tertiary/aromatic N) is 2. The SMILES string of the molecule is CCCCCNC(=O)c1nc(N)nc2ccccc12. The summed E-state index contributed by atoms with van der Waals surface area (Å²) in [6.45, 7) is 2.78. The zero-order valence-corrected chi connectivity index (χ0v) is 11.0. The Balaban J connectivity index is 2.21. The van der Waals surface area contributed by atoms with E-state index in [2.05, 4.69) is 22.2 Å². The summed E-state index contributed by atoms with van der Waals surface area (Å²) in [6.07, 6.45) is 3.20. The van der Waals surface area contributed by atoms with Gasteiger partial charge in [-0.1, -0.05) is 38.0 Å². The fourth-order valence-electron chi connectivity index (χ4n) is 1.93. The van der Waals surface area contributed by atoms with Gasteiger partial charge in [-0.3, -0.25) is 4.79 Å². The van der Waals surface area contributed by atoms with Crippen molar-refractivity contribution in [1.82, 2.24) is 15.3 Å². The average Bonchev–Trinajstić information content (AvgIpc) is 2.42. The molecule has 0 fully saturated rings. The minimum Gasteiger partial charge on any atom is -0.368 e. The van der Waals surface area contributed by atoms with Crippen LogP contribution in [0.5, 0.6) is 0 Å². The molecule has 0 bridgehead atoms. The topological polar surface area (TPSA) is 80.9 Å². The second kappa shape index (κ2) is 6.13. The van der Waals surface area contributed by atoms with Crippen LogP contribution in [0.1, 0.15) is 36.7 Å². The molecule has 3 N–H and O–H groups in total. The third-order valence-corrected chi connectivity index (χ3v) is 2.90. The number of nitrogens with one attached hydrogen (secondary N) is 1. The third kappa shape index (κ3) is 3.19. The summed E-state index contributed by atoms with van der Waals surface area (Å²) in [4.78, 5) is 20.3. The Bertz CT molecular complexity index is 583. The smallest absolute Gasteiger partial charge is 0.270 e. The minimum atomic E-state index is -0.193. The van der Waals surface area contributed by atoms with Crippen molar-refractivity contribution in [3.8, 4) is 0 Å². The molecule has 0 unspecified atom stereocenters. The highest BCUT2D eigenvalue weighted by Gasteiger charge is 2.13. The fourth-order valence-corrected chi connectivity index (χ4v) is 1.93. The number of benzene rings is 1. The Morgan fingerprint density at radius 2 is 2.05 bits per heavy atom. The van der Waals surface area contributed by atoms with Crippen molar-refractivity contribution in [2.45, 2.75) is 26.2 Å². The lowest BCUT2D eigenvalue weighted by atomic mass is 10.1. The number of rotatable bonds is 5. The molecule has 19 heavy (non-hydrogen) atoms. The van der Waals surface area contributed by atoms with Gasteiger partial charge in [-0.05, 0) is 12.5 Å². The number of fused-ring (bicyclic) bond motifs is 1. The highest BCUT2D eigenvalue weighted by Crippen LogP contribution is 2.16. The zero-order valence-electron chi connectivity index (χ0n) is 11.0. The summed E-state index contributed by atoms with van der Waals surface area (Å²) in [6, 6.07) is 7.37. The molecule has 0 aliphatic carbocycles. The number of amides is 1. The van der Waals surface area contributed by atoms with Crippen molar-refractivity contribution in [2.24, 2.45) is 0 Å².